The Morgan fingerprint density at radius 1 is 1.11 bits per heavy atom. The molecule has 96 valence electrons. The van der Waals surface area contributed by atoms with Crippen molar-refractivity contribution in [2.45, 2.75) is 13.1 Å². The molecule has 1 amide bonds. The smallest absolute Gasteiger partial charge is 0.254 e. The first-order chi connectivity index (χ1) is 9.13. The average molecular weight is 337 g/mol. The maximum absolute atomic E-state index is 12.5. The first-order valence-corrected chi connectivity index (χ1v) is 7.13. The van der Waals surface area contributed by atoms with E-state index in [1.54, 1.807) is 18.2 Å². The second-order valence-electron chi connectivity index (χ2n) is 4.59. The van der Waals surface area contributed by atoms with Crippen LogP contribution in [0.2, 0.25) is 5.02 Å². The van der Waals surface area contributed by atoms with E-state index in [1.807, 2.05) is 17.0 Å². The van der Waals surface area contributed by atoms with Crippen molar-refractivity contribution in [1.29, 1.82) is 0 Å². The molecule has 19 heavy (non-hydrogen) atoms. The lowest BCUT2D eigenvalue weighted by Crippen LogP contribution is -2.25. The van der Waals surface area contributed by atoms with Crippen LogP contribution >= 0.6 is 27.5 Å². The minimum absolute atomic E-state index is 0.0133. The number of amides is 1. The third-order valence-corrected chi connectivity index (χ3v) is 3.91. The van der Waals surface area contributed by atoms with Gasteiger partial charge < -0.3 is 4.90 Å². The van der Waals surface area contributed by atoms with Gasteiger partial charge in [-0.25, -0.2) is 0 Å². The van der Waals surface area contributed by atoms with Gasteiger partial charge in [-0.2, -0.15) is 0 Å². The van der Waals surface area contributed by atoms with Gasteiger partial charge in [-0.3, -0.25) is 4.79 Å². The molecule has 0 saturated carbocycles. The second kappa shape index (κ2) is 4.99. The topological polar surface area (TPSA) is 20.3 Å². The van der Waals surface area contributed by atoms with Gasteiger partial charge in [0, 0.05) is 28.1 Å². The number of carbonyl (C=O) groups is 1. The Morgan fingerprint density at radius 3 is 2.32 bits per heavy atom. The Bertz CT molecular complexity index is 611. The van der Waals surface area contributed by atoms with Gasteiger partial charge in [-0.05, 0) is 29.3 Å². The summed E-state index contributed by atoms with van der Waals surface area (Å²) in [4.78, 5) is 14.3. The molecule has 2 nitrogen and oxygen atoms in total. The molecule has 1 aliphatic rings. The number of carbonyl (C=O) groups excluding carboxylic acids is 1. The summed E-state index contributed by atoms with van der Waals surface area (Å²) in [5, 5.41) is 0.564. The van der Waals surface area contributed by atoms with E-state index in [0.29, 0.717) is 23.7 Å². The molecule has 3 rings (SSSR count). The Kier molecular flexibility index (Phi) is 3.33. The molecular weight excluding hydrogens is 326 g/mol. The van der Waals surface area contributed by atoms with Crippen LogP contribution in [0.3, 0.4) is 0 Å². The monoisotopic (exact) mass is 335 g/mol. The van der Waals surface area contributed by atoms with E-state index in [9.17, 15) is 4.79 Å². The zero-order chi connectivity index (χ0) is 13.4. The number of fused-ring (bicyclic) bond motifs is 1. The standard InChI is InChI=1S/C15H11BrClNO/c16-13-5-12(6-14(17)7-13)15(19)18-8-10-3-1-2-4-11(10)9-18/h1-7H,8-9H2. The lowest BCUT2D eigenvalue weighted by Gasteiger charge is -2.15. The maximum atomic E-state index is 12.5. The molecule has 0 fully saturated rings. The first-order valence-electron chi connectivity index (χ1n) is 5.95. The summed E-state index contributed by atoms with van der Waals surface area (Å²) >= 11 is 9.35. The molecule has 0 N–H and O–H groups in total. The average Bonchev–Trinajstić information content (AvgIpc) is 2.80. The van der Waals surface area contributed by atoms with Crippen LogP contribution in [0.15, 0.2) is 46.9 Å². The molecule has 1 heterocycles. The lowest BCUT2D eigenvalue weighted by atomic mass is 10.1. The van der Waals surface area contributed by atoms with Crippen molar-refractivity contribution in [2.75, 3.05) is 0 Å². The van der Waals surface area contributed by atoms with E-state index < -0.39 is 0 Å². The number of benzene rings is 2. The molecule has 0 radical (unpaired) electrons. The highest BCUT2D eigenvalue weighted by molar-refractivity contribution is 9.10. The Morgan fingerprint density at radius 2 is 1.74 bits per heavy atom. The molecule has 0 spiro atoms. The van der Waals surface area contributed by atoms with E-state index in [2.05, 4.69) is 28.1 Å². The van der Waals surface area contributed by atoms with E-state index in [4.69, 9.17) is 11.6 Å². The van der Waals surface area contributed by atoms with Gasteiger partial charge in [0.25, 0.3) is 5.91 Å². The Hall–Kier alpha value is -1.32. The number of hydrogen-bond acceptors (Lipinski definition) is 1. The van der Waals surface area contributed by atoms with E-state index in [1.165, 1.54) is 11.1 Å². The van der Waals surface area contributed by atoms with Crippen LogP contribution < -0.4 is 0 Å². The molecule has 1 aliphatic heterocycles. The minimum atomic E-state index is 0.0133. The van der Waals surface area contributed by atoms with Crippen molar-refractivity contribution in [3.63, 3.8) is 0 Å². The third-order valence-electron chi connectivity index (χ3n) is 3.24. The summed E-state index contributed by atoms with van der Waals surface area (Å²) in [6.45, 7) is 1.33. The quantitative estimate of drug-likeness (QED) is 0.762. The SMILES string of the molecule is O=C(c1cc(Cl)cc(Br)c1)N1Cc2ccccc2C1. The highest BCUT2D eigenvalue weighted by Gasteiger charge is 2.24. The van der Waals surface area contributed by atoms with Gasteiger partial charge in [0.15, 0.2) is 0 Å². The molecule has 0 unspecified atom stereocenters. The van der Waals surface area contributed by atoms with Gasteiger partial charge >= 0.3 is 0 Å². The summed E-state index contributed by atoms with van der Waals surface area (Å²) in [6, 6.07) is 13.4. The number of nitrogens with zero attached hydrogens (tertiary/aromatic N) is 1. The van der Waals surface area contributed by atoms with Crippen LogP contribution in [0.25, 0.3) is 0 Å². The molecule has 2 aromatic rings. The largest absolute Gasteiger partial charge is 0.330 e. The number of rotatable bonds is 1. The van der Waals surface area contributed by atoms with Crippen LogP contribution in [0, 0.1) is 0 Å². The molecule has 0 aliphatic carbocycles. The van der Waals surface area contributed by atoms with Gasteiger partial charge in [0.05, 0.1) is 0 Å². The van der Waals surface area contributed by atoms with Crippen molar-refractivity contribution >= 4 is 33.4 Å². The number of halogens is 2. The predicted molar refractivity (Wildman–Crippen MR) is 79.2 cm³/mol. The van der Waals surface area contributed by atoms with Gasteiger partial charge in [0.1, 0.15) is 0 Å². The molecule has 0 aromatic heterocycles. The van der Waals surface area contributed by atoms with Crippen LogP contribution in [-0.4, -0.2) is 10.8 Å². The van der Waals surface area contributed by atoms with Crippen LogP contribution in [0.5, 0.6) is 0 Å². The summed E-state index contributed by atoms with van der Waals surface area (Å²) < 4.78 is 0.820. The highest BCUT2D eigenvalue weighted by Crippen LogP contribution is 2.26. The summed E-state index contributed by atoms with van der Waals surface area (Å²) in [5.74, 6) is 0.0133. The van der Waals surface area contributed by atoms with Crippen LogP contribution in [0.4, 0.5) is 0 Å². The van der Waals surface area contributed by atoms with Crippen molar-refractivity contribution in [2.24, 2.45) is 0 Å². The lowest BCUT2D eigenvalue weighted by molar-refractivity contribution is 0.0751. The zero-order valence-corrected chi connectivity index (χ0v) is 12.4. The fourth-order valence-corrected chi connectivity index (χ4v) is 3.20. The van der Waals surface area contributed by atoms with E-state index in [-0.39, 0.29) is 5.91 Å². The second-order valence-corrected chi connectivity index (χ2v) is 5.94. The van der Waals surface area contributed by atoms with Crippen molar-refractivity contribution < 1.29 is 4.79 Å². The van der Waals surface area contributed by atoms with E-state index >= 15 is 0 Å². The summed E-state index contributed by atoms with van der Waals surface area (Å²) in [5.41, 5.74) is 3.06. The summed E-state index contributed by atoms with van der Waals surface area (Å²) in [6.07, 6.45) is 0. The zero-order valence-electron chi connectivity index (χ0n) is 10.1. The first kappa shape index (κ1) is 12.7. The van der Waals surface area contributed by atoms with Crippen molar-refractivity contribution in [1.82, 2.24) is 4.90 Å². The highest BCUT2D eigenvalue weighted by atomic mass is 79.9. The van der Waals surface area contributed by atoms with Crippen LogP contribution in [0.1, 0.15) is 21.5 Å². The Labute approximate surface area is 125 Å². The molecule has 4 heteroatoms. The van der Waals surface area contributed by atoms with Crippen molar-refractivity contribution in [3.8, 4) is 0 Å². The molecular formula is C15H11BrClNO. The molecule has 2 aromatic carbocycles. The number of hydrogen-bond donors (Lipinski definition) is 0. The fraction of sp³-hybridized carbons (Fsp3) is 0.133. The van der Waals surface area contributed by atoms with Gasteiger partial charge in [-0.15, -0.1) is 0 Å². The van der Waals surface area contributed by atoms with E-state index in [0.717, 1.165) is 4.47 Å². The molecule has 0 bridgehead atoms. The molecule has 0 saturated heterocycles. The minimum Gasteiger partial charge on any atom is -0.330 e. The third kappa shape index (κ3) is 2.53. The van der Waals surface area contributed by atoms with Gasteiger partial charge in [-0.1, -0.05) is 51.8 Å². The predicted octanol–water partition coefficient (Wildman–Crippen LogP) is 4.26. The summed E-state index contributed by atoms with van der Waals surface area (Å²) in [7, 11) is 0. The van der Waals surface area contributed by atoms with Crippen molar-refractivity contribution in [3.05, 3.63) is 68.7 Å². The van der Waals surface area contributed by atoms with Crippen LogP contribution in [-0.2, 0) is 13.1 Å². The Balaban J connectivity index is 1.87. The maximum Gasteiger partial charge on any atom is 0.254 e. The molecule has 0 atom stereocenters. The fourth-order valence-electron chi connectivity index (χ4n) is 2.34. The normalized spacial score (nSPS) is 13.5. The van der Waals surface area contributed by atoms with Gasteiger partial charge in [0.2, 0.25) is 0 Å².